The van der Waals surface area contributed by atoms with Crippen LogP contribution in [-0.4, -0.2) is 70.0 Å². The molecular weight excluding hydrogens is 1110 g/mol. The van der Waals surface area contributed by atoms with Crippen LogP contribution in [0.2, 0.25) is 0 Å². The average Bonchev–Trinajstić information content (AvgIpc) is 3.58. The third kappa shape index (κ3) is 73.8. The molecule has 0 fully saturated rings. The summed E-state index contributed by atoms with van der Waals surface area (Å²) in [6, 6.07) is 0. The van der Waals surface area contributed by atoms with E-state index in [0.717, 1.165) is 32.1 Å². The predicted molar refractivity (Wildman–Crippen MR) is 379 cm³/mol. The molecule has 0 heterocycles. The number of esters is 2. The lowest BCUT2D eigenvalue weighted by molar-refractivity contribution is -0.870. The van der Waals surface area contributed by atoms with Crippen molar-refractivity contribution in [3.8, 4) is 0 Å². The van der Waals surface area contributed by atoms with E-state index in [2.05, 4.69) is 26.0 Å². The number of rotatable bonds is 75. The fraction of sp³-hybridized carbons (Fsp3) is 0.949. The van der Waals surface area contributed by atoms with Gasteiger partial charge in [0, 0.05) is 12.8 Å². The zero-order valence-corrected chi connectivity index (χ0v) is 60.9. The number of quaternary nitrogens is 1. The molecule has 10 heteroatoms. The first-order valence-corrected chi connectivity index (χ1v) is 40.9. The van der Waals surface area contributed by atoms with Crippen molar-refractivity contribution < 1.29 is 42.1 Å². The summed E-state index contributed by atoms with van der Waals surface area (Å²) in [5.74, 6) is -0.803. The van der Waals surface area contributed by atoms with E-state index < -0.39 is 26.5 Å². The SMILES string of the molecule is CCCCCCCCCC/C=C\CCCCCCCCCCCCCCCCCCCCCCCCCCCCCCCC(=O)OC(COC(=O)CCCCCCCCCCCCCCCCCCCCCCCCC)COP(=O)([O-])OCC[N+](C)(C)C. The molecule has 2 unspecified atom stereocenters. The lowest BCUT2D eigenvalue weighted by atomic mass is 10.0. The van der Waals surface area contributed by atoms with Crippen molar-refractivity contribution in [2.24, 2.45) is 0 Å². The first-order valence-electron chi connectivity index (χ1n) is 39.4. The number of carbonyl (C=O) groups excluding carboxylic acids is 2. The van der Waals surface area contributed by atoms with E-state index in [4.69, 9.17) is 18.5 Å². The topological polar surface area (TPSA) is 111 Å². The highest BCUT2D eigenvalue weighted by molar-refractivity contribution is 7.45. The zero-order chi connectivity index (χ0) is 64.1. The number of hydrogen-bond acceptors (Lipinski definition) is 8. The summed E-state index contributed by atoms with van der Waals surface area (Å²) < 4.78 is 34.4. The molecule has 0 rings (SSSR count). The van der Waals surface area contributed by atoms with E-state index in [9.17, 15) is 19.0 Å². The van der Waals surface area contributed by atoms with Gasteiger partial charge in [-0.05, 0) is 38.5 Å². The van der Waals surface area contributed by atoms with Crippen molar-refractivity contribution in [1.82, 2.24) is 0 Å². The van der Waals surface area contributed by atoms with Crippen LogP contribution in [-0.2, 0) is 32.7 Å². The van der Waals surface area contributed by atoms with Gasteiger partial charge in [-0.15, -0.1) is 0 Å². The number of unbranched alkanes of at least 4 members (excludes halogenated alkanes) is 59. The summed E-state index contributed by atoms with van der Waals surface area (Å²) >= 11 is 0. The first-order chi connectivity index (χ1) is 43.0. The van der Waals surface area contributed by atoms with Gasteiger partial charge in [0.05, 0.1) is 27.7 Å². The van der Waals surface area contributed by atoms with Crippen LogP contribution >= 0.6 is 7.82 Å². The molecular formula is C78H154NO8P. The Morgan fingerprint density at radius 3 is 0.841 bits per heavy atom. The van der Waals surface area contributed by atoms with Crippen molar-refractivity contribution in [1.29, 1.82) is 0 Å². The van der Waals surface area contributed by atoms with Gasteiger partial charge in [0.15, 0.2) is 6.10 Å². The second-order valence-electron chi connectivity index (χ2n) is 28.4. The number of likely N-dealkylation sites (N-methyl/N-ethyl adjacent to an activating group) is 1. The van der Waals surface area contributed by atoms with Crippen LogP contribution in [0.5, 0.6) is 0 Å². The minimum atomic E-state index is -4.64. The summed E-state index contributed by atoms with van der Waals surface area (Å²) in [7, 11) is 1.20. The van der Waals surface area contributed by atoms with Gasteiger partial charge < -0.3 is 27.9 Å². The summed E-state index contributed by atoms with van der Waals surface area (Å²) in [6.07, 6.45) is 87.7. The number of phosphoric ester groups is 1. The monoisotopic (exact) mass is 1260 g/mol. The molecule has 0 saturated heterocycles. The van der Waals surface area contributed by atoms with Gasteiger partial charge in [0.2, 0.25) is 0 Å². The van der Waals surface area contributed by atoms with Gasteiger partial charge in [-0.25, -0.2) is 0 Å². The Morgan fingerprint density at radius 2 is 0.580 bits per heavy atom. The van der Waals surface area contributed by atoms with Crippen LogP contribution in [0.15, 0.2) is 12.2 Å². The second-order valence-corrected chi connectivity index (χ2v) is 29.9. The normalized spacial score (nSPS) is 13.0. The summed E-state index contributed by atoms with van der Waals surface area (Å²) in [5.41, 5.74) is 0. The van der Waals surface area contributed by atoms with Crippen molar-refractivity contribution in [3.05, 3.63) is 12.2 Å². The quantitative estimate of drug-likeness (QED) is 0.0195. The second kappa shape index (κ2) is 70.1. The molecule has 0 amide bonds. The van der Waals surface area contributed by atoms with E-state index in [1.807, 2.05) is 21.1 Å². The average molecular weight is 1270 g/mol. The molecule has 0 saturated carbocycles. The van der Waals surface area contributed by atoms with Crippen LogP contribution in [0.1, 0.15) is 425 Å². The van der Waals surface area contributed by atoms with Crippen LogP contribution < -0.4 is 4.89 Å². The molecule has 0 radical (unpaired) electrons. The Hall–Kier alpha value is -1.25. The maximum absolute atomic E-state index is 12.9. The number of nitrogens with zero attached hydrogens (tertiary/aromatic N) is 1. The molecule has 0 aliphatic heterocycles. The number of allylic oxidation sites excluding steroid dienone is 2. The predicted octanol–water partition coefficient (Wildman–Crippen LogP) is 25.2. The number of ether oxygens (including phenoxy) is 2. The van der Waals surface area contributed by atoms with Crippen molar-refractivity contribution in [3.63, 3.8) is 0 Å². The molecule has 0 aromatic carbocycles. The summed E-state index contributed by atoms with van der Waals surface area (Å²) in [6.45, 7) is 4.33. The fourth-order valence-corrected chi connectivity index (χ4v) is 13.0. The Morgan fingerprint density at radius 1 is 0.341 bits per heavy atom. The Balaban J connectivity index is 3.85. The minimum Gasteiger partial charge on any atom is -0.756 e. The number of hydrogen-bond donors (Lipinski definition) is 0. The lowest BCUT2D eigenvalue weighted by Crippen LogP contribution is -2.37. The van der Waals surface area contributed by atoms with Crippen LogP contribution in [0.4, 0.5) is 0 Å². The molecule has 0 aromatic rings. The zero-order valence-electron chi connectivity index (χ0n) is 60.0. The number of phosphoric acid groups is 1. The minimum absolute atomic E-state index is 0.0253. The van der Waals surface area contributed by atoms with Crippen molar-refractivity contribution in [2.75, 3.05) is 47.5 Å². The standard InChI is InChI=1S/C78H154NO8P/c1-6-8-10-12-14-16-18-20-22-24-26-28-30-31-32-33-34-35-36-37-38-39-40-41-42-43-44-45-46-47-49-51-53-55-57-59-61-63-65-67-69-71-78(81)87-76(75-86-88(82,83)85-73-72-79(3,4)5)74-84-77(80)70-68-66-64-62-60-58-56-54-52-50-48-29-27-25-23-21-19-17-15-13-11-9-7-2/h24,26,76H,6-23,25,27-75H2,1-5H3/b26-24-. The molecule has 0 bridgehead atoms. The molecule has 0 aliphatic rings. The first kappa shape index (κ1) is 86.8. The van der Waals surface area contributed by atoms with Gasteiger partial charge in [-0.2, -0.15) is 0 Å². The van der Waals surface area contributed by atoms with Gasteiger partial charge in [0.25, 0.3) is 7.82 Å². The highest BCUT2D eigenvalue weighted by atomic mass is 31.2. The molecule has 0 aromatic heterocycles. The van der Waals surface area contributed by atoms with Crippen molar-refractivity contribution in [2.45, 2.75) is 431 Å². The maximum Gasteiger partial charge on any atom is 0.306 e. The van der Waals surface area contributed by atoms with Crippen LogP contribution in [0, 0.1) is 0 Å². The third-order valence-electron chi connectivity index (χ3n) is 18.3. The molecule has 0 spiro atoms. The lowest BCUT2D eigenvalue weighted by Gasteiger charge is -2.28. The van der Waals surface area contributed by atoms with E-state index in [0.29, 0.717) is 17.4 Å². The molecule has 524 valence electrons. The fourth-order valence-electron chi connectivity index (χ4n) is 12.2. The summed E-state index contributed by atoms with van der Waals surface area (Å²) in [5, 5.41) is 0. The van der Waals surface area contributed by atoms with Gasteiger partial charge in [0.1, 0.15) is 19.8 Å². The molecule has 0 N–H and O–H groups in total. The summed E-state index contributed by atoms with van der Waals surface area (Å²) in [4.78, 5) is 38.1. The highest BCUT2D eigenvalue weighted by Crippen LogP contribution is 2.38. The van der Waals surface area contributed by atoms with E-state index >= 15 is 0 Å². The van der Waals surface area contributed by atoms with E-state index in [1.165, 1.54) is 360 Å². The Kier molecular flexibility index (Phi) is 69.1. The Labute approximate surface area is 549 Å². The largest absolute Gasteiger partial charge is 0.756 e. The Bertz CT molecular complexity index is 1490. The van der Waals surface area contributed by atoms with E-state index in [-0.39, 0.29) is 32.0 Å². The van der Waals surface area contributed by atoms with Gasteiger partial charge in [-0.1, -0.05) is 386 Å². The molecule has 88 heavy (non-hydrogen) atoms. The maximum atomic E-state index is 12.9. The molecule has 0 aliphatic carbocycles. The van der Waals surface area contributed by atoms with Crippen LogP contribution in [0.3, 0.4) is 0 Å². The highest BCUT2D eigenvalue weighted by Gasteiger charge is 2.22. The number of carbonyl (C=O) groups is 2. The van der Waals surface area contributed by atoms with Gasteiger partial charge >= 0.3 is 11.9 Å². The third-order valence-corrected chi connectivity index (χ3v) is 19.2. The van der Waals surface area contributed by atoms with Crippen molar-refractivity contribution >= 4 is 19.8 Å². The van der Waals surface area contributed by atoms with E-state index in [1.54, 1.807) is 0 Å². The van der Waals surface area contributed by atoms with Gasteiger partial charge in [-0.3, -0.25) is 14.2 Å². The van der Waals surface area contributed by atoms with Crippen LogP contribution in [0.25, 0.3) is 0 Å². The smallest absolute Gasteiger partial charge is 0.306 e. The molecule has 9 nitrogen and oxygen atoms in total. The molecule has 2 atom stereocenters.